The molecule has 0 radical (unpaired) electrons. The summed E-state index contributed by atoms with van der Waals surface area (Å²) in [6.45, 7) is 10.1. The number of carboxylic acid groups (broad SMARTS) is 1. The fraction of sp³-hybridized carbons (Fsp3) is 0.636. The van der Waals surface area contributed by atoms with E-state index in [0.717, 1.165) is 5.56 Å². The molecule has 0 bridgehead atoms. The van der Waals surface area contributed by atoms with Crippen LogP contribution < -0.4 is 10.1 Å². The minimum absolute atomic E-state index is 0.162. The Morgan fingerprint density at radius 3 is 2.33 bits per heavy atom. The molecule has 0 fully saturated rings. The molecule has 30 heavy (non-hydrogen) atoms. The summed E-state index contributed by atoms with van der Waals surface area (Å²) in [6, 6.07) is 7.72. The zero-order valence-electron chi connectivity index (χ0n) is 18.4. The Bertz CT molecular complexity index is 616. The van der Waals surface area contributed by atoms with Gasteiger partial charge in [0.1, 0.15) is 18.5 Å². The average Bonchev–Trinajstić information content (AvgIpc) is 2.68. The van der Waals surface area contributed by atoms with E-state index in [9.17, 15) is 9.59 Å². The summed E-state index contributed by atoms with van der Waals surface area (Å²) < 4.78 is 22.1. The van der Waals surface area contributed by atoms with Gasteiger partial charge < -0.3 is 29.4 Å². The van der Waals surface area contributed by atoms with Crippen molar-refractivity contribution in [3.8, 4) is 5.75 Å². The smallest absolute Gasteiger partial charge is 0.306 e. The maximum absolute atomic E-state index is 11.9. The molecule has 0 amide bonds. The van der Waals surface area contributed by atoms with Crippen LogP contribution in [0.2, 0.25) is 0 Å². The molecule has 0 spiro atoms. The highest BCUT2D eigenvalue weighted by atomic mass is 16.6. The lowest BCUT2D eigenvalue weighted by Gasteiger charge is -2.20. The third kappa shape index (κ3) is 13.1. The molecule has 1 unspecified atom stereocenters. The number of rotatable bonds is 16. The molecule has 0 heterocycles. The van der Waals surface area contributed by atoms with Crippen LogP contribution in [0.5, 0.6) is 5.75 Å². The van der Waals surface area contributed by atoms with Crippen molar-refractivity contribution in [3.63, 3.8) is 0 Å². The van der Waals surface area contributed by atoms with Crippen molar-refractivity contribution >= 4 is 11.9 Å². The maximum Gasteiger partial charge on any atom is 0.306 e. The third-order valence-corrected chi connectivity index (χ3v) is 3.90. The molecule has 1 aromatic carbocycles. The van der Waals surface area contributed by atoms with Crippen LogP contribution in [0.1, 0.15) is 46.1 Å². The highest BCUT2D eigenvalue weighted by Gasteiger charge is 2.17. The van der Waals surface area contributed by atoms with Gasteiger partial charge in [-0.2, -0.15) is 0 Å². The topological polar surface area (TPSA) is 103 Å². The molecule has 8 heteroatoms. The summed E-state index contributed by atoms with van der Waals surface area (Å²) in [5, 5.41) is 11.9. The minimum atomic E-state index is -1.03. The Labute approximate surface area is 178 Å². The molecule has 1 atom stereocenters. The number of carbonyl (C=O) groups is 2. The number of ether oxygens (including phenoxy) is 4. The van der Waals surface area contributed by atoms with Crippen molar-refractivity contribution in [1.29, 1.82) is 0 Å². The SMILES string of the molecule is CC(C)NCC(COc1ccc(COCCOC(C)C)cc1)OC(=O)CCC(=O)O. The van der Waals surface area contributed by atoms with Gasteiger partial charge in [0.15, 0.2) is 0 Å². The molecule has 170 valence electrons. The van der Waals surface area contributed by atoms with Gasteiger partial charge >= 0.3 is 11.9 Å². The number of hydrogen-bond acceptors (Lipinski definition) is 7. The first-order valence-corrected chi connectivity index (χ1v) is 10.3. The predicted octanol–water partition coefficient (Wildman–Crippen LogP) is 2.78. The van der Waals surface area contributed by atoms with Crippen molar-refractivity contribution in [2.75, 3.05) is 26.4 Å². The number of esters is 1. The summed E-state index contributed by atoms with van der Waals surface area (Å²) in [6.07, 6.45) is -0.736. The molecule has 1 aromatic rings. The first-order chi connectivity index (χ1) is 14.3. The highest BCUT2D eigenvalue weighted by molar-refractivity contribution is 5.76. The van der Waals surface area contributed by atoms with E-state index in [-0.39, 0.29) is 31.6 Å². The molecule has 0 aliphatic rings. The highest BCUT2D eigenvalue weighted by Crippen LogP contribution is 2.14. The first-order valence-electron chi connectivity index (χ1n) is 10.3. The summed E-state index contributed by atoms with van der Waals surface area (Å²) >= 11 is 0. The summed E-state index contributed by atoms with van der Waals surface area (Å²) in [5.41, 5.74) is 1.02. The quantitative estimate of drug-likeness (QED) is 0.308. The first kappa shape index (κ1) is 25.9. The summed E-state index contributed by atoms with van der Waals surface area (Å²) in [7, 11) is 0. The summed E-state index contributed by atoms with van der Waals surface area (Å²) in [5.74, 6) is -0.930. The van der Waals surface area contributed by atoms with Gasteiger partial charge in [-0.25, -0.2) is 0 Å². The van der Waals surface area contributed by atoms with Crippen LogP contribution in [0, 0.1) is 0 Å². The third-order valence-electron chi connectivity index (χ3n) is 3.90. The van der Waals surface area contributed by atoms with Crippen molar-refractivity contribution in [3.05, 3.63) is 29.8 Å². The predicted molar refractivity (Wildman–Crippen MR) is 113 cm³/mol. The van der Waals surface area contributed by atoms with Gasteiger partial charge in [-0.3, -0.25) is 9.59 Å². The standard InChI is InChI=1S/C22H35NO7/c1-16(2)23-13-20(30-22(26)10-9-21(24)25)15-29-19-7-5-18(6-8-19)14-27-11-12-28-17(3)4/h5-8,16-17,20,23H,9-15H2,1-4H3,(H,24,25). The van der Waals surface area contributed by atoms with Gasteiger partial charge in [-0.05, 0) is 31.5 Å². The van der Waals surface area contributed by atoms with E-state index >= 15 is 0 Å². The van der Waals surface area contributed by atoms with Gasteiger partial charge in [-0.1, -0.05) is 26.0 Å². The molecule has 0 aromatic heterocycles. The number of benzene rings is 1. The second kappa shape index (κ2) is 14.8. The molecule has 2 N–H and O–H groups in total. The van der Waals surface area contributed by atoms with E-state index in [4.69, 9.17) is 24.1 Å². The van der Waals surface area contributed by atoms with Crippen LogP contribution in [0.15, 0.2) is 24.3 Å². The molecule has 0 saturated heterocycles. The van der Waals surface area contributed by atoms with Crippen LogP contribution >= 0.6 is 0 Å². The molecular formula is C22H35NO7. The maximum atomic E-state index is 11.9. The van der Waals surface area contributed by atoms with Gasteiger partial charge in [-0.15, -0.1) is 0 Å². The van der Waals surface area contributed by atoms with Gasteiger partial charge in [0, 0.05) is 12.6 Å². The van der Waals surface area contributed by atoms with Crippen molar-refractivity contribution in [1.82, 2.24) is 5.32 Å². The van der Waals surface area contributed by atoms with Gasteiger partial charge in [0.05, 0.1) is 38.8 Å². The lowest BCUT2D eigenvalue weighted by Crippen LogP contribution is -2.38. The molecule has 8 nitrogen and oxygen atoms in total. The Balaban J connectivity index is 2.44. The molecular weight excluding hydrogens is 390 g/mol. The zero-order valence-corrected chi connectivity index (χ0v) is 18.4. The van der Waals surface area contributed by atoms with Gasteiger partial charge in [0.2, 0.25) is 0 Å². The number of aliphatic carboxylic acids is 1. The van der Waals surface area contributed by atoms with E-state index in [0.29, 0.717) is 32.1 Å². The van der Waals surface area contributed by atoms with E-state index in [1.165, 1.54) is 0 Å². The lowest BCUT2D eigenvalue weighted by molar-refractivity contribution is -0.153. The van der Waals surface area contributed by atoms with Gasteiger partial charge in [0.25, 0.3) is 0 Å². The number of carbonyl (C=O) groups excluding carboxylic acids is 1. The lowest BCUT2D eigenvalue weighted by atomic mass is 10.2. The molecule has 0 saturated carbocycles. The Kier molecular flexibility index (Phi) is 12.7. The van der Waals surface area contributed by atoms with Crippen molar-refractivity contribution in [2.24, 2.45) is 0 Å². The minimum Gasteiger partial charge on any atom is -0.490 e. The second-order valence-corrected chi connectivity index (χ2v) is 7.50. The molecule has 0 aliphatic carbocycles. The van der Waals surface area contributed by atoms with E-state index in [1.807, 2.05) is 52.0 Å². The van der Waals surface area contributed by atoms with Crippen LogP contribution in [0.25, 0.3) is 0 Å². The van der Waals surface area contributed by atoms with E-state index in [2.05, 4.69) is 5.32 Å². The Morgan fingerprint density at radius 2 is 1.73 bits per heavy atom. The zero-order chi connectivity index (χ0) is 22.4. The monoisotopic (exact) mass is 425 g/mol. The molecule has 1 rings (SSSR count). The summed E-state index contributed by atoms with van der Waals surface area (Å²) in [4.78, 5) is 22.5. The van der Waals surface area contributed by atoms with Crippen LogP contribution in [0.3, 0.4) is 0 Å². The van der Waals surface area contributed by atoms with Crippen LogP contribution in [-0.4, -0.2) is 61.7 Å². The van der Waals surface area contributed by atoms with Crippen molar-refractivity contribution < 1.29 is 33.6 Å². The number of nitrogens with one attached hydrogen (secondary N) is 1. The fourth-order valence-corrected chi connectivity index (χ4v) is 2.36. The normalized spacial score (nSPS) is 12.2. The second-order valence-electron chi connectivity index (χ2n) is 7.50. The Hall–Kier alpha value is -2.16. The largest absolute Gasteiger partial charge is 0.490 e. The molecule has 0 aliphatic heterocycles. The average molecular weight is 426 g/mol. The van der Waals surface area contributed by atoms with Crippen LogP contribution in [0.4, 0.5) is 0 Å². The Morgan fingerprint density at radius 1 is 1.03 bits per heavy atom. The van der Waals surface area contributed by atoms with E-state index < -0.39 is 18.0 Å². The van der Waals surface area contributed by atoms with Crippen molar-refractivity contribution in [2.45, 2.75) is 65.4 Å². The number of hydrogen-bond donors (Lipinski definition) is 2. The van der Waals surface area contributed by atoms with E-state index in [1.54, 1.807) is 0 Å². The fourth-order valence-electron chi connectivity index (χ4n) is 2.36. The van der Waals surface area contributed by atoms with Crippen LogP contribution in [-0.2, 0) is 30.4 Å². The number of carboxylic acids is 1.